The van der Waals surface area contributed by atoms with Gasteiger partial charge in [0.2, 0.25) is 5.88 Å². The molecule has 1 aromatic rings. The monoisotopic (exact) mass is 189 g/mol. The quantitative estimate of drug-likeness (QED) is 0.521. The standard InChI is InChI=1S/C10H7NO3/c12-9-10(13)14-8(11-9)6-7-4-2-1-3-5-7/h1-6H,(H,11,12)/b8-6-. The Morgan fingerprint density at radius 2 is 1.86 bits per heavy atom. The van der Waals surface area contributed by atoms with Crippen LogP contribution >= 0.6 is 0 Å². The minimum Gasteiger partial charge on any atom is -0.402 e. The van der Waals surface area contributed by atoms with Crippen molar-refractivity contribution in [3.8, 4) is 0 Å². The van der Waals surface area contributed by atoms with Gasteiger partial charge in [0.1, 0.15) is 0 Å². The molecule has 0 radical (unpaired) electrons. The minimum absolute atomic E-state index is 0.172. The first-order chi connectivity index (χ1) is 6.75. The molecule has 4 heteroatoms. The number of nitrogens with one attached hydrogen (secondary N) is 1. The van der Waals surface area contributed by atoms with E-state index in [-0.39, 0.29) is 5.88 Å². The van der Waals surface area contributed by atoms with Gasteiger partial charge in [-0.3, -0.25) is 10.1 Å². The number of hydrogen-bond donors (Lipinski definition) is 1. The first kappa shape index (κ1) is 8.50. The summed E-state index contributed by atoms with van der Waals surface area (Å²) in [5.74, 6) is -1.43. The third-order valence-electron chi connectivity index (χ3n) is 1.72. The van der Waals surface area contributed by atoms with Crippen molar-refractivity contribution in [3.63, 3.8) is 0 Å². The summed E-state index contributed by atoms with van der Waals surface area (Å²) in [4.78, 5) is 21.4. The largest absolute Gasteiger partial charge is 0.403 e. The number of hydrogen-bond acceptors (Lipinski definition) is 3. The van der Waals surface area contributed by atoms with Gasteiger partial charge in [-0.1, -0.05) is 30.3 Å². The highest BCUT2D eigenvalue weighted by atomic mass is 16.6. The molecule has 1 aromatic carbocycles. The fourth-order valence-electron chi connectivity index (χ4n) is 1.10. The molecule has 1 amide bonds. The number of cyclic esters (lactones) is 1. The Hall–Kier alpha value is -2.10. The Balaban J connectivity index is 2.22. The predicted octanol–water partition coefficient (Wildman–Crippen LogP) is 0.658. The number of carbonyl (C=O) groups is 2. The van der Waals surface area contributed by atoms with Gasteiger partial charge in [0.15, 0.2) is 0 Å². The van der Waals surface area contributed by atoms with E-state index < -0.39 is 11.9 Å². The molecule has 2 rings (SSSR count). The van der Waals surface area contributed by atoms with Gasteiger partial charge in [0.05, 0.1) is 0 Å². The van der Waals surface area contributed by atoms with Gasteiger partial charge >= 0.3 is 11.9 Å². The Labute approximate surface area is 80.2 Å². The van der Waals surface area contributed by atoms with Crippen molar-refractivity contribution in [1.82, 2.24) is 5.32 Å². The van der Waals surface area contributed by atoms with E-state index in [2.05, 4.69) is 10.1 Å². The lowest BCUT2D eigenvalue weighted by atomic mass is 10.2. The van der Waals surface area contributed by atoms with E-state index in [4.69, 9.17) is 0 Å². The highest BCUT2D eigenvalue weighted by Gasteiger charge is 2.26. The number of ether oxygens (including phenoxy) is 1. The molecular weight excluding hydrogens is 182 g/mol. The van der Waals surface area contributed by atoms with Crippen molar-refractivity contribution in [2.45, 2.75) is 0 Å². The molecule has 0 aromatic heterocycles. The third-order valence-corrected chi connectivity index (χ3v) is 1.72. The summed E-state index contributed by atoms with van der Waals surface area (Å²) in [5, 5.41) is 2.30. The van der Waals surface area contributed by atoms with Crippen LogP contribution in [0.4, 0.5) is 0 Å². The molecule has 0 atom stereocenters. The zero-order valence-electron chi connectivity index (χ0n) is 7.19. The zero-order valence-corrected chi connectivity index (χ0v) is 7.19. The molecule has 1 fully saturated rings. The molecule has 1 N–H and O–H groups in total. The smallest absolute Gasteiger partial charge is 0.402 e. The number of rotatable bonds is 1. The summed E-state index contributed by atoms with van der Waals surface area (Å²) in [6, 6.07) is 9.26. The molecule has 0 saturated carbocycles. The molecule has 1 saturated heterocycles. The van der Waals surface area contributed by atoms with Crippen LogP contribution in [0.5, 0.6) is 0 Å². The highest BCUT2D eigenvalue weighted by molar-refractivity contribution is 6.35. The summed E-state index contributed by atoms with van der Waals surface area (Å²) < 4.78 is 4.64. The highest BCUT2D eigenvalue weighted by Crippen LogP contribution is 2.09. The summed E-state index contributed by atoms with van der Waals surface area (Å²) in [5.41, 5.74) is 0.859. The van der Waals surface area contributed by atoms with Crippen molar-refractivity contribution >= 4 is 18.0 Å². The molecule has 0 aliphatic carbocycles. The Bertz CT molecular complexity index is 391. The maximum atomic E-state index is 10.7. The average molecular weight is 189 g/mol. The first-order valence-corrected chi connectivity index (χ1v) is 4.05. The van der Waals surface area contributed by atoms with Crippen LogP contribution in [-0.4, -0.2) is 11.9 Å². The van der Waals surface area contributed by atoms with Crippen molar-refractivity contribution in [2.24, 2.45) is 0 Å². The van der Waals surface area contributed by atoms with Crippen LogP contribution in [0.25, 0.3) is 6.08 Å². The van der Waals surface area contributed by atoms with Crippen LogP contribution in [0, 0.1) is 0 Å². The van der Waals surface area contributed by atoms with Crippen LogP contribution in [0.1, 0.15) is 5.56 Å². The van der Waals surface area contributed by atoms with Gasteiger partial charge in [-0.05, 0) is 5.56 Å². The Morgan fingerprint density at radius 3 is 2.43 bits per heavy atom. The van der Waals surface area contributed by atoms with E-state index in [1.807, 2.05) is 30.3 Å². The van der Waals surface area contributed by atoms with E-state index in [1.54, 1.807) is 6.08 Å². The molecule has 0 unspecified atom stereocenters. The number of benzene rings is 1. The molecule has 1 aliphatic rings. The average Bonchev–Trinajstić information content (AvgIpc) is 2.47. The Kier molecular flexibility index (Phi) is 2.02. The van der Waals surface area contributed by atoms with E-state index in [1.165, 1.54) is 0 Å². The fraction of sp³-hybridized carbons (Fsp3) is 0. The molecule has 14 heavy (non-hydrogen) atoms. The topological polar surface area (TPSA) is 55.4 Å². The van der Waals surface area contributed by atoms with Crippen molar-refractivity contribution in [3.05, 3.63) is 41.8 Å². The van der Waals surface area contributed by atoms with Gasteiger partial charge in [0, 0.05) is 6.08 Å². The van der Waals surface area contributed by atoms with Crippen LogP contribution in [0.2, 0.25) is 0 Å². The van der Waals surface area contributed by atoms with E-state index in [0.717, 1.165) is 5.56 Å². The summed E-state index contributed by atoms with van der Waals surface area (Å²) in [6.45, 7) is 0. The Morgan fingerprint density at radius 1 is 1.14 bits per heavy atom. The van der Waals surface area contributed by atoms with Crippen molar-refractivity contribution in [1.29, 1.82) is 0 Å². The van der Waals surface area contributed by atoms with Gasteiger partial charge in [0.25, 0.3) is 0 Å². The minimum atomic E-state index is -0.868. The van der Waals surface area contributed by atoms with E-state index >= 15 is 0 Å². The first-order valence-electron chi connectivity index (χ1n) is 4.05. The lowest BCUT2D eigenvalue weighted by Crippen LogP contribution is -2.17. The third kappa shape index (κ3) is 1.64. The molecule has 70 valence electrons. The van der Waals surface area contributed by atoms with Crippen LogP contribution in [-0.2, 0) is 14.3 Å². The van der Waals surface area contributed by atoms with Crippen molar-refractivity contribution in [2.75, 3.05) is 0 Å². The van der Waals surface area contributed by atoms with E-state index in [9.17, 15) is 9.59 Å². The second-order valence-electron chi connectivity index (χ2n) is 2.76. The molecule has 0 spiro atoms. The summed E-state index contributed by atoms with van der Waals surface area (Å²) in [6.07, 6.45) is 1.59. The molecular formula is C10H7NO3. The van der Waals surface area contributed by atoms with Gasteiger partial charge < -0.3 is 4.74 Å². The predicted molar refractivity (Wildman–Crippen MR) is 48.7 cm³/mol. The molecule has 0 bridgehead atoms. The van der Waals surface area contributed by atoms with Gasteiger partial charge in [-0.25, -0.2) is 4.79 Å². The number of carbonyl (C=O) groups excluding carboxylic acids is 2. The fourth-order valence-corrected chi connectivity index (χ4v) is 1.10. The zero-order chi connectivity index (χ0) is 9.97. The molecule has 1 heterocycles. The van der Waals surface area contributed by atoms with Crippen LogP contribution < -0.4 is 5.32 Å². The maximum Gasteiger partial charge on any atom is 0.403 e. The molecule has 1 aliphatic heterocycles. The second-order valence-corrected chi connectivity index (χ2v) is 2.76. The van der Waals surface area contributed by atoms with E-state index in [0.29, 0.717) is 0 Å². The normalized spacial score (nSPS) is 18.1. The van der Waals surface area contributed by atoms with Gasteiger partial charge in [-0.15, -0.1) is 0 Å². The van der Waals surface area contributed by atoms with Crippen LogP contribution in [0.3, 0.4) is 0 Å². The SMILES string of the molecule is O=C1N/C(=C/c2ccccc2)OC1=O. The van der Waals surface area contributed by atoms with Crippen molar-refractivity contribution < 1.29 is 14.3 Å². The van der Waals surface area contributed by atoms with Gasteiger partial charge in [-0.2, -0.15) is 0 Å². The summed E-state index contributed by atoms with van der Waals surface area (Å²) >= 11 is 0. The molecule has 4 nitrogen and oxygen atoms in total. The lowest BCUT2D eigenvalue weighted by Gasteiger charge is -1.95. The number of amides is 1. The lowest BCUT2D eigenvalue weighted by molar-refractivity contribution is -0.145. The van der Waals surface area contributed by atoms with Crippen LogP contribution in [0.15, 0.2) is 36.2 Å². The number of esters is 1. The second kappa shape index (κ2) is 3.33. The summed E-state index contributed by atoms with van der Waals surface area (Å²) in [7, 11) is 0. The maximum absolute atomic E-state index is 10.7.